The second kappa shape index (κ2) is 5.45. The molecule has 20 heavy (non-hydrogen) atoms. The number of benzene rings is 1. The van der Waals surface area contributed by atoms with Gasteiger partial charge in [0.05, 0.1) is 6.20 Å². The smallest absolute Gasteiger partial charge is 0.178 e. The second-order valence-corrected chi connectivity index (χ2v) is 5.82. The molecule has 2 aromatic rings. The minimum atomic E-state index is -0.0497. The van der Waals surface area contributed by atoms with E-state index in [1.165, 1.54) is 12.5 Å². The lowest BCUT2D eigenvalue weighted by Gasteiger charge is -2.19. The molecule has 2 rings (SSSR count). The normalized spacial score (nSPS) is 11.2. The SMILES string of the molecule is CC(=O)c1ccc(Oc2cccc(C(C)(C)C)c2)cn1. The quantitative estimate of drug-likeness (QED) is 0.776. The summed E-state index contributed by atoms with van der Waals surface area (Å²) >= 11 is 0. The highest BCUT2D eigenvalue weighted by Crippen LogP contribution is 2.28. The number of pyridine rings is 1. The van der Waals surface area contributed by atoms with Crippen LogP contribution in [0.1, 0.15) is 43.7 Å². The Bertz CT molecular complexity index is 610. The average molecular weight is 269 g/mol. The van der Waals surface area contributed by atoms with Gasteiger partial charge in [0.15, 0.2) is 5.78 Å². The van der Waals surface area contributed by atoms with Crippen LogP contribution in [0.25, 0.3) is 0 Å². The molecule has 0 aliphatic carbocycles. The molecule has 104 valence electrons. The summed E-state index contributed by atoms with van der Waals surface area (Å²) in [5.41, 5.74) is 1.74. The monoisotopic (exact) mass is 269 g/mol. The van der Waals surface area contributed by atoms with E-state index in [2.05, 4.69) is 31.8 Å². The first-order valence-electron chi connectivity index (χ1n) is 6.61. The molecule has 1 aromatic carbocycles. The first-order valence-corrected chi connectivity index (χ1v) is 6.61. The van der Waals surface area contributed by atoms with E-state index in [1.54, 1.807) is 18.3 Å². The van der Waals surface area contributed by atoms with E-state index in [0.717, 1.165) is 5.75 Å². The van der Waals surface area contributed by atoms with Gasteiger partial charge in [-0.1, -0.05) is 32.9 Å². The fraction of sp³-hybridized carbons (Fsp3) is 0.294. The number of ether oxygens (including phenoxy) is 1. The van der Waals surface area contributed by atoms with Crippen LogP contribution >= 0.6 is 0 Å². The third-order valence-corrected chi connectivity index (χ3v) is 3.03. The van der Waals surface area contributed by atoms with Gasteiger partial charge in [-0.3, -0.25) is 4.79 Å². The molecule has 0 amide bonds. The molecule has 0 bridgehead atoms. The summed E-state index contributed by atoms with van der Waals surface area (Å²) in [5.74, 6) is 1.35. The molecular formula is C17H19NO2. The molecule has 0 spiro atoms. The van der Waals surface area contributed by atoms with Crippen molar-refractivity contribution in [2.24, 2.45) is 0 Å². The van der Waals surface area contributed by atoms with E-state index in [-0.39, 0.29) is 11.2 Å². The lowest BCUT2D eigenvalue weighted by molar-refractivity contribution is 0.101. The maximum atomic E-state index is 11.2. The molecule has 0 saturated carbocycles. The Balaban J connectivity index is 2.20. The fourth-order valence-corrected chi connectivity index (χ4v) is 1.81. The van der Waals surface area contributed by atoms with Crippen molar-refractivity contribution in [2.45, 2.75) is 33.1 Å². The molecule has 1 aromatic heterocycles. The molecular weight excluding hydrogens is 250 g/mol. The molecule has 0 aliphatic heterocycles. The number of hydrogen-bond acceptors (Lipinski definition) is 3. The zero-order valence-corrected chi connectivity index (χ0v) is 12.3. The highest BCUT2D eigenvalue weighted by Gasteiger charge is 2.14. The van der Waals surface area contributed by atoms with E-state index in [0.29, 0.717) is 11.4 Å². The molecule has 0 radical (unpaired) electrons. The molecule has 0 unspecified atom stereocenters. The Morgan fingerprint density at radius 2 is 1.85 bits per heavy atom. The molecule has 0 saturated heterocycles. The summed E-state index contributed by atoms with van der Waals surface area (Å²) in [4.78, 5) is 15.2. The Morgan fingerprint density at radius 1 is 1.10 bits per heavy atom. The van der Waals surface area contributed by atoms with Crippen molar-refractivity contribution in [3.8, 4) is 11.5 Å². The molecule has 0 N–H and O–H groups in total. The second-order valence-electron chi connectivity index (χ2n) is 5.82. The predicted molar refractivity (Wildman–Crippen MR) is 79.5 cm³/mol. The van der Waals surface area contributed by atoms with Crippen LogP contribution in [0, 0.1) is 0 Å². The van der Waals surface area contributed by atoms with Crippen LogP contribution in [0.2, 0.25) is 0 Å². The standard InChI is InChI=1S/C17H19NO2/c1-12(19)16-9-8-15(11-18-16)20-14-7-5-6-13(10-14)17(2,3)4/h5-11H,1-4H3. The Morgan fingerprint density at radius 3 is 2.40 bits per heavy atom. The molecule has 0 atom stereocenters. The topological polar surface area (TPSA) is 39.2 Å². The number of hydrogen-bond donors (Lipinski definition) is 0. The third-order valence-electron chi connectivity index (χ3n) is 3.03. The van der Waals surface area contributed by atoms with Crippen LogP contribution in [0.15, 0.2) is 42.6 Å². The molecule has 3 heteroatoms. The van der Waals surface area contributed by atoms with Crippen LogP contribution in [-0.4, -0.2) is 10.8 Å². The number of ketones is 1. The summed E-state index contributed by atoms with van der Waals surface area (Å²) in [6, 6.07) is 11.4. The molecule has 0 aliphatic rings. The summed E-state index contributed by atoms with van der Waals surface area (Å²) in [7, 11) is 0. The van der Waals surface area contributed by atoms with Crippen LogP contribution in [0.5, 0.6) is 11.5 Å². The first kappa shape index (κ1) is 14.3. The van der Waals surface area contributed by atoms with Gasteiger partial charge in [0.2, 0.25) is 0 Å². The van der Waals surface area contributed by atoms with E-state index in [4.69, 9.17) is 4.74 Å². The van der Waals surface area contributed by atoms with Crippen LogP contribution in [0.3, 0.4) is 0 Å². The molecule has 3 nitrogen and oxygen atoms in total. The predicted octanol–water partition coefficient (Wildman–Crippen LogP) is 4.37. The van der Waals surface area contributed by atoms with Crippen molar-refractivity contribution in [2.75, 3.05) is 0 Å². The number of aromatic nitrogens is 1. The van der Waals surface area contributed by atoms with Crippen LogP contribution < -0.4 is 4.74 Å². The van der Waals surface area contributed by atoms with Crippen molar-refractivity contribution in [3.63, 3.8) is 0 Å². The minimum Gasteiger partial charge on any atom is -0.456 e. The van der Waals surface area contributed by atoms with Crippen LogP contribution in [0.4, 0.5) is 0 Å². The molecule has 0 fully saturated rings. The lowest BCUT2D eigenvalue weighted by atomic mass is 9.87. The summed E-state index contributed by atoms with van der Waals surface area (Å²) < 4.78 is 5.78. The van der Waals surface area contributed by atoms with Gasteiger partial charge in [0.1, 0.15) is 17.2 Å². The van der Waals surface area contributed by atoms with Crippen molar-refractivity contribution >= 4 is 5.78 Å². The van der Waals surface area contributed by atoms with E-state index in [9.17, 15) is 4.79 Å². The maximum absolute atomic E-state index is 11.2. The maximum Gasteiger partial charge on any atom is 0.178 e. The average Bonchev–Trinajstić information content (AvgIpc) is 2.38. The van der Waals surface area contributed by atoms with Gasteiger partial charge in [-0.25, -0.2) is 4.98 Å². The van der Waals surface area contributed by atoms with E-state index >= 15 is 0 Å². The lowest BCUT2D eigenvalue weighted by Crippen LogP contribution is -2.10. The number of carbonyl (C=O) groups excluding carboxylic acids is 1. The van der Waals surface area contributed by atoms with Gasteiger partial charge < -0.3 is 4.74 Å². The zero-order chi connectivity index (χ0) is 14.8. The number of Topliss-reactive ketones (excluding diaryl/α,β-unsaturated/α-hetero) is 1. The first-order chi connectivity index (χ1) is 9.36. The number of rotatable bonds is 3. The van der Waals surface area contributed by atoms with Crippen molar-refractivity contribution in [1.29, 1.82) is 0 Å². The van der Waals surface area contributed by atoms with Gasteiger partial charge in [-0.05, 0) is 35.2 Å². The number of nitrogens with zero attached hydrogens (tertiary/aromatic N) is 1. The zero-order valence-electron chi connectivity index (χ0n) is 12.3. The van der Waals surface area contributed by atoms with Crippen molar-refractivity contribution in [3.05, 3.63) is 53.9 Å². The van der Waals surface area contributed by atoms with E-state index < -0.39 is 0 Å². The minimum absolute atomic E-state index is 0.0497. The van der Waals surface area contributed by atoms with Gasteiger partial charge in [0.25, 0.3) is 0 Å². The summed E-state index contributed by atoms with van der Waals surface area (Å²) in [6.45, 7) is 7.98. The van der Waals surface area contributed by atoms with Crippen LogP contribution in [-0.2, 0) is 5.41 Å². The van der Waals surface area contributed by atoms with Crippen molar-refractivity contribution in [1.82, 2.24) is 4.98 Å². The third kappa shape index (κ3) is 3.44. The Kier molecular flexibility index (Phi) is 3.89. The van der Waals surface area contributed by atoms with E-state index in [1.807, 2.05) is 18.2 Å². The van der Waals surface area contributed by atoms with Gasteiger partial charge >= 0.3 is 0 Å². The largest absolute Gasteiger partial charge is 0.456 e. The summed E-state index contributed by atoms with van der Waals surface area (Å²) in [5, 5.41) is 0. The number of carbonyl (C=O) groups is 1. The molecule has 1 heterocycles. The van der Waals surface area contributed by atoms with Crippen molar-refractivity contribution < 1.29 is 9.53 Å². The van der Waals surface area contributed by atoms with Gasteiger partial charge in [-0.15, -0.1) is 0 Å². The highest BCUT2D eigenvalue weighted by atomic mass is 16.5. The van der Waals surface area contributed by atoms with Gasteiger partial charge in [0, 0.05) is 6.92 Å². The highest BCUT2D eigenvalue weighted by molar-refractivity contribution is 5.92. The van der Waals surface area contributed by atoms with Gasteiger partial charge in [-0.2, -0.15) is 0 Å². The Hall–Kier alpha value is -2.16. The fourth-order valence-electron chi connectivity index (χ4n) is 1.81. The Labute approximate surface area is 119 Å². The summed E-state index contributed by atoms with van der Waals surface area (Å²) in [6.07, 6.45) is 1.57.